The summed E-state index contributed by atoms with van der Waals surface area (Å²) in [4.78, 5) is 29.3. The van der Waals surface area contributed by atoms with Gasteiger partial charge < -0.3 is 4.98 Å². The van der Waals surface area contributed by atoms with Gasteiger partial charge in [0.25, 0.3) is 15.6 Å². The number of hydrogen-bond acceptors (Lipinski definition) is 5. The number of aromatic nitrogens is 3. The van der Waals surface area contributed by atoms with E-state index in [4.69, 9.17) is 11.6 Å². The Morgan fingerprint density at radius 3 is 2.65 bits per heavy atom. The summed E-state index contributed by atoms with van der Waals surface area (Å²) in [5.41, 5.74) is -1.72. The van der Waals surface area contributed by atoms with Gasteiger partial charge in [-0.1, -0.05) is 11.6 Å². The molecule has 106 valence electrons. The Balaban J connectivity index is 2.43. The van der Waals surface area contributed by atoms with Crippen LogP contribution in [0.25, 0.3) is 0 Å². The lowest BCUT2D eigenvalue weighted by Crippen LogP contribution is -2.29. The minimum Gasteiger partial charge on any atom is -0.313 e. The number of hydrogen-bond donors (Lipinski definition) is 3. The Hall–Kier alpha value is -1.65. The van der Waals surface area contributed by atoms with Gasteiger partial charge in [-0.05, 0) is 22.0 Å². The molecular weight excluding hydrogens is 376 g/mol. The van der Waals surface area contributed by atoms with Crippen molar-refractivity contribution in [3.8, 4) is 0 Å². The largest absolute Gasteiger partial charge is 0.325 e. The lowest BCUT2D eigenvalue weighted by molar-refractivity contribution is 0.599. The first kappa shape index (κ1) is 14.8. The highest BCUT2D eigenvalue weighted by Gasteiger charge is 2.19. The zero-order valence-corrected chi connectivity index (χ0v) is 12.6. The van der Waals surface area contributed by atoms with Crippen LogP contribution in [-0.2, 0) is 10.0 Å². The molecule has 0 aliphatic heterocycles. The second-order valence-electron chi connectivity index (χ2n) is 3.54. The van der Waals surface area contributed by atoms with Crippen molar-refractivity contribution in [3.63, 3.8) is 0 Å². The van der Waals surface area contributed by atoms with Gasteiger partial charge in [-0.3, -0.25) is 14.5 Å². The molecule has 0 aromatic carbocycles. The summed E-state index contributed by atoms with van der Waals surface area (Å²) in [6.45, 7) is 0. The second-order valence-corrected chi connectivity index (χ2v) is 6.40. The lowest BCUT2D eigenvalue weighted by Gasteiger charge is -2.07. The number of sulfonamides is 1. The molecule has 0 saturated carbocycles. The summed E-state index contributed by atoms with van der Waals surface area (Å²) in [7, 11) is -4.16. The van der Waals surface area contributed by atoms with Crippen LogP contribution < -0.4 is 16.0 Å². The Labute approximate surface area is 125 Å². The predicted octanol–water partition coefficient (Wildman–Crippen LogP) is 0.675. The summed E-state index contributed by atoms with van der Waals surface area (Å²) < 4.78 is 26.5. The molecule has 2 heterocycles. The molecule has 2 aromatic rings. The molecule has 0 radical (unpaired) electrons. The SMILES string of the molecule is O=c1[nH]cc(S(=O)(=O)Nc2cnc(Cl)c(Br)c2)c(=O)[nH]1. The highest BCUT2D eigenvalue weighted by atomic mass is 79.9. The molecule has 0 amide bonds. The van der Waals surface area contributed by atoms with Crippen molar-refractivity contribution in [1.82, 2.24) is 15.0 Å². The fourth-order valence-electron chi connectivity index (χ4n) is 1.28. The molecule has 2 rings (SSSR count). The highest BCUT2D eigenvalue weighted by Crippen LogP contribution is 2.23. The van der Waals surface area contributed by atoms with Crippen molar-refractivity contribution in [2.75, 3.05) is 4.72 Å². The van der Waals surface area contributed by atoms with Gasteiger partial charge >= 0.3 is 5.69 Å². The molecular formula is C9H6BrClN4O4S. The first-order valence-corrected chi connectivity index (χ1v) is 7.61. The van der Waals surface area contributed by atoms with Crippen LogP contribution in [0.5, 0.6) is 0 Å². The molecule has 2 aromatic heterocycles. The molecule has 0 aliphatic rings. The topological polar surface area (TPSA) is 125 Å². The van der Waals surface area contributed by atoms with E-state index < -0.39 is 26.2 Å². The zero-order valence-electron chi connectivity index (χ0n) is 9.48. The molecule has 8 nitrogen and oxygen atoms in total. The molecule has 0 fully saturated rings. The van der Waals surface area contributed by atoms with Gasteiger partial charge in [0.05, 0.1) is 16.4 Å². The van der Waals surface area contributed by atoms with Crippen LogP contribution in [0.15, 0.2) is 37.4 Å². The number of halogens is 2. The zero-order chi connectivity index (χ0) is 14.9. The first-order chi connectivity index (χ1) is 9.29. The molecule has 0 unspecified atom stereocenters. The molecule has 0 spiro atoms. The molecule has 0 atom stereocenters. The Bertz CT molecular complexity index is 876. The normalized spacial score (nSPS) is 11.3. The van der Waals surface area contributed by atoms with Gasteiger partial charge in [0.1, 0.15) is 5.15 Å². The number of nitrogens with one attached hydrogen (secondary N) is 3. The fourth-order valence-corrected chi connectivity index (χ4v) is 2.78. The molecule has 20 heavy (non-hydrogen) atoms. The van der Waals surface area contributed by atoms with Crippen LogP contribution in [0.4, 0.5) is 5.69 Å². The third-order valence-electron chi connectivity index (χ3n) is 2.12. The molecule has 0 bridgehead atoms. The van der Waals surface area contributed by atoms with E-state index >= 15 is 0 Å². The van der Waals surface area contributed by atoms with Crippen molar-refractivity contribution in [2.24, 2.45) is 0 Å². The summed E-state index contributed by atoms with van der Waals surface area (Å²) >= 11 is 8.77. The minimum absolute atomic E-state index is 0.104. The van der Waals surface area contributed by atoms with E-state index in [1.165, 1.54) is 12.3 Å². The molecule has 3 N–H and O–H groups in total. The monoisotopic (exact) mass is 380 g/mol. The van der Waals surface area contributed by atoms with Gasteiger partial charge in [0.15, 0.2) is 4.90 Å². The van der Waals surface area contributed by atoms with Crippen LogP contribution in [0.3, 0.4) is 0 Å². The van der Waals surface area contributed by atoms with Crippen molar-refractivity contribution in [1.29, 1.82) is 0 Å². The van der Waals surface area contributed by atoms with E-state index in [1.54, 1.807) is 0 Å². The summed E-state index contributed by atoms with van der Waals surface area (Å²) in [5.74, 6) is 0. The van der Waals surface area contributed by atoms with Gasteiger partial charge in [-0.25, -0.2) is 18.2 Å². The Kier molecular flexibility index (Phi) is 3.97. The Morgan fingerprint density at radius 1 is 1.35 bits per heavy atom. The summed E-state index contributed by atoms with van der Waals surface area (Å²) in [6, 6.07) is 1.38. The quantitative estimate of drug-likeness (QED) is 0.674. The van der Waals surface area contributed by atoms with E-state index in [2.05, 4.69) is 30.6 Å². The standard InChI is InChI=1S/C9H6BrClN4O4S/c10-5-1-4(2-12-7(5)11)15-20(18,19)6-3-13-9(17)14-8(6)16/h1-3,15H,(H2,13,14,16,17). The first-order valence-electron chi connectivity index (χ1n) is 4.95. The van der Waals surface area contributed by atoms with Crippen LogP contribution in [0.1, 0.15) is 0 Å². The number of nitrogens with zero attached hydrogens (tertiary/aromatic N) is 1. The van der Waals surface area contributed by atoms with Crippen molar-refractivity contribution >= 4 is 43.2 Å². The van der Waals surface area contributed by atoms with E-state index in [9.17, 15) is 18.0 Å². The average Bonchev–Trinajstić information content (AvgIpc) is 2.33. The van der Waals surface area contributed by atoms with Crippen molar-refractivity contribution in [3.05, 3.63) is 48.9 Å². The van der Waals surface area contributed by atoms with Crippen LogP contribution in [0.2, 0.25) is 5.15 Å². The number of pyridine rings is 1. The number of anilines is 1. The number of aromatic amines is 2. The maximum Gasteiger partial charge on any atom is 0.325 e. The van der Waals surface area contributed by atoms with E-state index in [-0.39, 0.29) is 10.8 Å². The Morgan fingerprint density at radius 2 is 2.05 bits per heavy atom. The van der Waals surface area contributed by atoms with Crippen LogP contribution in [0, 0.1) is 0 Å². The third-order valence-corrected chi connectivity index (χ3v) is 4.64. The fraction of sp³-hybridized carbons (Fsp3) is 0. The van der Waals surface area contributed by atoms with E-state index in [1.807, 2.05) is 4.98 Å². The van der Waals surface area contributed by atoms with Crippen molar-refractivity contribution < 1.29 is 8.42 Å². The van der Waals surface area contributed by atoms with Gasteiger partial charge in [-0.15, -0.1) is 0 Å². The second kappa shape index (κ2) is 5.38. The predicted molar refractivity (Wildman–Crippen MR) is 75.4 cm³/mol. The van der Waals surface area contributed by atoms with Crippen molar-refractivity contribution in [2.45, 2.75) is 4.90 Å². The lowest BCUT2D eigenvalue weighted by atomic mass is 10.4. The number of rotatable bonds is 3. The smallest absolute Gasteiger partial charge is 0.313 e. The maximum atomic E-state index is 12.0. The van der Waals surface area contributed by atoms with E-state index in [0.29, 0.717) is 4.47 Å². The van der Waals surface area contributed by atoms with Crippen LogP contribution in [-0.4, -0.2) is 23.4 Å². The van der Waals surface area contributed by atoms with E-state index in [0.717, 1.165) is 6.20 Å². The molecule has 11 heteroatoms. The van der Waals surface area contributed by atoms with Crippen LogP contribution >= 0.6 is 27.5 Å². The van der Waals surface area contributed by atoms with Gasteiger partial charge in [0.2, 0.25) is 0 Å². The van der Waals surface area contributed by atoms with Gasteiger partial charge in [0, 0.05) is 6.20 Å². The summed E-state index contributed by atoms with van der Waals surface area (Å²) in [6.07, 6.45) is 1.99. The highest BCUT2D eigenvalue weighted by molar-refractivity contribution is 9.10. The molecule has 0 aliphatic carbocycles. The van der Waals surface area contributed by atoms with Gasteiger partial charge in [-0.2, -0.15) is 0 Å². The minimum atomic E-state index is -4.16. The number of H-pyrrole nitrogens is 2. The summed E-state index contributed by atoms with van der Waals surface area (Å²) in [5, 5.41) is 0.162. The third kappa shape index (κ3) is 3.08. The maximum absolute atomic E-state index is 12.0. The average molecular weight is 382 g/mol. The molecule has 0 saturated heterocycles.